The van der Waals surface area contributed by atoms with Crippen LogP contribution in [-0.4, -0.2) is 18.2 Å². The van der Waals surface area contributed by atoms with Crippen LogP contribution in [0, 0.1) is 16.6 Å². The van der Waals surface area contributed by atoms with Crippen molar-refractivity contribution < 1.29 is 18.7 Å². The molecule has 3 saturated carbocycles. The van der Waals surface area contributed by atoms with Crippen molar-refractivity contribution in [3.8, 4) is 5.75 Å². The largest absolute Gasteiger partial charge is 0.493 e. The average Bonchev–Trinajstić information content (AvgIpc) is 3.50. The summed E-state index contributed by atoms with van der Waals surface area (Å²) in [6.07, 6.45) is 9.89. The molecule has 0 amide bonds. The van der Waals surface area contributed by atoms with Gasteiger partial charge in [-0.3, -0.25) is 0 Å². The van der Waals surface area contributed by atoms with E-state index in [0.717, 1.165) is 18.4 Å². The summed E-state index contributed by atoms with van der Waals surface area (Å²) in [5, 5.41) is 0. The van der Waals surface area contributed by atoms with E-state index >= 15 is 0 Å². The predicted octanol–water partition coefficient (Wildman–Crippen LogP) is 6.40. The number of hydrogen-bond acceptors (Lipinski definition) is 3. The lowest BCUT2D eigenvalue weighted by molar-refractivity contribution is 0.00644. The van der Waals surface area contributed by atoms with Crippen molar-refractivity contribution in [1.82, 2.24) is 0 Å². The van der Waals surface area contributed by atoms with E-state index in [4.69, 9.17) is 9.47 Å². The summed E-state index contributed by atoms with van der Waals surface area (Å²) < 4.78 is 26.3. The van der Waals surface area contributed by atoms with Crippen molar-refractivity contribution in [2.75, 3.05) is 6.61 Å². The first-order valence-corrected chi connectivity index (χ1v) is 10.8. The molecule has 3 aliphatic rings. The summed E-state index contributed by atoms with van der Waals surface area (Å²) >= 11 is 0. The van der Waals surface area contributed by atoms with Gasteiger partial charge in [-0.1, -0.05) is 6.92 Å². The molecule has 1 aromatic rings. The maximum absolute atomic E-state index is 14.7. The lowest BCUT2D eigenvalue weighted by atomic mass is 9.71. The molecular weight excluding hydrogens is 355 g/mol. The molecule has 0 bridgehead atoms. The molecule has 154 valence electrons. The Morgan fingerprint density at radius 2 is 1.71 bits per heavy atom. The zero-order valence-corrected chi connectivity index (χ0v) is 17.7. The van der Waals surface area contributed by atoms with Crippen molar-refractivity contribution in [3.63, 3.8) is 0 Å². The van der Waals surface area contributed by atoms with Crippen LogP contribution in [0.4, 0.5) is 4.39 Å². The van der Waals surface area contributed by atoms with E-state index in [0.29, 0.717) is 23.7 Å². The maximum Gasteiger partial charge on any atom is 0.341 e. The third kappa shape index (κ3) is 4.36. The Balaban J connectivity index is 1.49. The van der Waals surface area contributed by atoms with Crippen LogP contribution in [0.3, 0.4) is 0 Å². The zero-order chi connectivity index (χ0) is 20.2. The van der Waals surface area contributed by atoms with Crippen molar-refractivity contribution in [2.24, 2.45) is 10.8 Å². The fourth-order valence-corrected chi connectivity index (χ4v) is 4.36. The molecule has 0 heterocycles. The Morgan fingerprint density at radius 3 is 2.25 bits per heavy atom. The Labute approximate surface area is 168 Å². The molecule has 0 atom stereocenters. The summed E-state index contributed by atoms with van der Waals surface area (Å²) in [6.45, 7) is 8.29. The Morgan fingerprint density at radius 1 is 1.11 bits per heavy atom. The summed E-state index contributed by atoms with van der Waals surface area (Å²) in [5.74, 6) is -0.183. The van der Waals surface area contributed by atoms with Crippen LogP contribution in [0.25, 0.3) is 0 Å². The number of hydrogen-bond donors (Lipinski definition) is 0. The Hall–Kier alpha value is -1.58. The zero-order valence-electron chi connectivity index (χ0n) is 17.7. The molecule has 1 aromatic carbocycles. The van der Waals surface area contributed by atoms with Gasteiger partial charge in [-0.25, -0.2) is 9.18 Å². The predicted molar refractivity (Wildman–Crippen MR) is 107 cm³/mol. The normalized spacial score (nSPS) is 22.8. The van der Waals surface area contributed by atoms with Crippen LogP contribution in [0.15, 0.2) is 12.1 Å². The number of benzene rings is 1. The van der Waals surface area contributed by atoms with Gasteiger partial charge in [0.1, 0.15) is 17.2 Å². The van der Waals surface area contributed by atoms with Crippen LogP contribution in [0.2, 0.25) is 0 Å². The average molecular weight is 389 g/mol. The standard InChI is InChI=1S/C24H33FO3/c1-22(2,3)28-21(26)18-13-17(16-5-6-16)20(14-19(18)25)27-15-23(4)7-9-24(10-8-23)11-12-24/h13-14,16H,5-12,15H2,1-4H3. The summed E-state index contributed by atoms with van der Waals surface area (Å²) in [5.41, 5.74) is 1.14. The first kappa shape index (κ1) is 19.7. The third-order valence-electron chi connectivity index (χ3n) is 6.79. The van der Waals surface area contributed by atoms with E-state index in [1.165, 1.54) is 44.6 Å². The molecular formula is C24H33FO3. The van der Waals surface area contributed by atoms with E-state index in [1.54, 1.807) is 26.8 Å². The fraction of sp³-hybridized carbons (Fsp3) is 0.708. The molecule has 0 aliphatic heterocycles. The van der Waals surface area contributed by atoms with Gasteiger partial charge in [0.15, 0.2) is 0 Å². The van der Waals surface area contributed by atoms with E-state index in [2.05, 4.69) is 6.92 Å². The highest BCUT2D eigenvalue weighted by Crippen LogP contribution is 2.59. The lowest BCUT2D eigenvalue weighted by Crippen LogP contribution is -2.31. The number of rotatable bonds is 5. The minimum Gasteiger partial charge on any atom is -0.493 e. The molecule has 0 N–H and O–H groups in total. The van der Waals surface area contributed by atoms with E-state index < -0.39 is 17.4 Å². The summed E-state index contributed by atoms with van der Waals surface area (Å²) in [6, 6.07) is 3.07. The molecule has 0 radical (unpaired) electrons. The first-order chi connectivity index (χ1) is 13.1. The fourth-order valence-electron chi connectivity index (χ4n) is 4.36. The van der Waals surface area contributed by atoms with Crippen LogP contribution in [0.5, 0.6) is 5.75 Å². The molecule has 1 spiro atoms. The Bertz CT molecular complexity index is 759. The number of ether oxygens (including phenoxy) is 2. The van der Waals surface area contributed by atoms with Crippen LogP contribution < -0.4 is 4.74 Å². The van der Waals surface area contributed by atoms with Gasteiger partial charge in [-0.15, -0.1) is 0 Å². The van der Waals surface area contributed by atoms with Gasteiger partial charge < -0.3 is 9.47 Å². The second kappa shape index (κ2) is 6.74. The highest BCUT2D eigenvalue weighted by molar-refractivity contribution is 5.90. The molecule has 0 saturated heterocycles. The smallest absolute Gasteiger partial charge is 0.341 e. The van der Waals surface area contributed by atoms with Gasteiger partial charge in [0.25, 0.3) is 0 Å². The number of carbonyl (C=O) groups excluding carboxylic acids is 1. The van der Waals surface area contributed by atoms with Crippen LogP contribution in [0.1, 0.15) is 101 Å². The van der Waals surface area contributed by atoms with Crippen LogP contribution in [-0.2, 0) is 4.74 Å². The number of esters is 1. The van der Waals surface area contributed by atoms with E-state index in [1.807, 2.05) is 0 Å². The molecule has 4 heteroatoms. The second-order valence-electron chi connectivity index (χ2n) is 10.7. The summed E-state index contributed by atoms with van der Waals surface area (Å²) in [4.78, 5) is 12.4. The SMILES string of the molecule is CC1(COc2cc(F)c(C(=O)OC(C)(C)C)cc2C2CC2)CCC2(CC1)CC2. The van der Waals surface area contributed by atoms with Gasteiger partial charge >= 0.3 is 5.97 Å². The molecule has 0 aromatic heterocycles. The van der Waals surface area contributed by atoms with Gasteiger partial charge in [0.2, 0.25) is 0 Å². The van der Waals surface area contributed by atoms with Crippen molar-refractivity contribution in [2.45, 2.75) is 90.6 Å². The van der Waals surface area contributed by atoms with Crippen molar-refractivity contribution in [3.05, 3.63) is 29.1 Å². The molecule has 28 heavy (non-hydrogen) atoms. The quantitative estimate of drug-likeness (QED) is 0.548. The highest BCUT2D eigenvalue weighted by Gasteiger charge is 2.48. The van der Waals surface area contributed by atoms with E-state index in [-0.39, 0.29) is 11.0 Å². The molecule has 3 fully saturated rings. The Kier molecular flexibility index (Phi) is 4.75. The molecule has 3 nitrogen and oxygen atoms in total. The van der Waals surface area contributed by atoms with Gasteiger partial charge in [0.05, 0.1) is 12.2 Å². The molecule has 3 aliphatic carbocycles. The van der Waals surface area contributed by atoms with Crippen molar-refractivity contribution >= 4 is 5.97 Å². The first-order valence-electron chi connectivity index (χ1n) is 10.8. The minimum atomic E-state index is -0.646. The minimum absolute atomic E-state index is 0.0173. The van der Waals surface area contributed by atoms with Gasteiger partial charge in [-0.05, 0) is 95.1 Å². The monoisotopic (exact) mass is 388 g/mol. The maximum atomic E-state index is 14.7. The number of carbonyl (C=O) groups is 1. The summed E-state index contributed by atoms with van der Waals surface area (Å²) in [7, 11) is 0. The molecule has 0 unspecified atom stereocenters. The van der Waals surface area contributed by atoms with E-state index in [9.17, 15) is 9.18 Å². The van der Waals surface area contributed by atoms with Crippen molar-refractivity contribution in [1.29, 1.82) is 0 Å². The van der Waals surface area contributed by atoms with Crippen LogP contribution >= 0.6 is 0 Å². The topological polar surface area (TPSA) is 35.5 Å². The molecule has 4 rings (SSSR count). The number of halogens is 1. The van der Waals surface area contributed by atoms with Gasteiger partial charge in [0, 0.05) is 11.5 Å². The second-order valence-corrected chi connectivity index (χ2v) is 10.7. The lowest BCUT2D eigenvalue weighted by Gasteiger charge is -2.37. The highest BCUT2D eigenvalue weighted by atomic mass is 19.1. The van der Waals surface area contributed by atoms with Gasteiger partial charge in [-0.2, -0.15) is 0 Å². The third-order valence-corrected chi connectivity index (χ3v) is 6.79.